The molecule has 8 nitrogen and oxygen atoms in total. The molecule has 0 aliphatic carbocycles. The van der Waals surface area contributed by atoms with Crippen LogP contribution in [0.5, 0.6) is 0 Å². The molecule has 1 aliphatic heterocycles. The third kappa shape index (κ3) is 4.68. The highest BCUT2D eigenvalue weighted by Crippen LogP contribution is 2.29. The summed E-state index contributed by atoms with van der Waals surface area (Å²) in [6.45, 7) is 3.45. The molecule has 1 aliphatic rings. The molecule has 0 radical (unpaired) electrons. The second-order valence-corrected chi connectivity index (χ2v) is 9.83. The molecule has 1 aromatic carbocycles. The number of fused-ring (bicyclic) bond motifs is 1. The Bertz CT molecular complexity index is 1070. The summed E-state index contributed by atoms with van der Waals surface area (Å²) in [4.78, 5) is 33.2. The molecule has 0 bridgehead atoms. The number of aromatic nitrogens is 3. The van der Waals surface area contributed by atoms with E-state index in [1.165, 1.54) is 11.3 Å². The van der Waals surface area contributed by atoms with Gasteiger partial charge in [-0.15, -0.1) is 11.3 Å². The van der Waals surface area contributed by atoms with Gasteiger partial charge in [0.05, 0.1) is 11.2 Å². The summed E-state index contributed by atoms with van der Waals surface area (Å²) in [5.41, 5.74) is 1.72. The lowest BCUT2D eigenvalue weighted by molar-refractivity contribution is -0.133. The normalized spacial score (nSPS) is 15.1. The fraction of sp³-hybridized carbons (Fsp3) is 0.333. The number of likely N-dealkylation sites (N-methyl/N-ethyl adjacent to an activating group) is 1. The molecule has 0 saturated carbocycles. The van der Waals surface area contributed by atoms with Gasteiger partial charge in [-0.05, 0) is 51.0 Å². The van der Waals surface area contributed by atoms with Gasteiger partial charge in [-0.3, -0.25) is 14.3 Å². The second kappa shape index (κ2) is 8.50. The van der Waals surface area contributed by atoms with Crippen LogP contribution < -0.4 is 5.32 Å². The Labute approximate surface area is 188 Å². The van der Waals surface area contributed by atoms with E-state index in [9.17, 15) is 9.59 Å². The van der Waals surface area contributed by atoms with Crippen molar-refractivity contribution in [3.8, 4) is 0 Å². The molecular weight excluding hydrogens is 524 g/mol. The number of carbonyl (C=O) groups is 2. The lowest BCUT2D eigenvalue weighted by atomic mass is 10.2. The van der Waals surface area contributed by atoms with Crippen LogP contribution >= 0.6 is 43.2 Å². The molecule has 2 amide bonds. The lowest BCUT2D eigenvalue weighted by Crippen LogP contribution is -2.48. The van der Waals surface area contributed by atoms with Crippen LogP contribution in [-0.4, -0.2) is 69.6 Å². The molecule has 152 valence electrons. The minimum absolute atomic E-state index is 0.0626. The second-order valence-electron chi connectivity index (χ2n) is 6.84. The van der Waals surface area contributed by atoms with Crippen LogP contribution in [0.3, 0.4) is 0 Å². The summed E-state index contributed by atoms with van der Waals surface area (Å²) < 4.78 is 3.02. The number of piperazine rings is 1. The molecule has 29 heavy (non-hydrogen) atoms. The molecule has 3 heterocycles. The number of nitrogens with zero attached hydrogens (tertiary/aromatic N) is 5. The Morgan fingerprint density at radius 1 is 1.21 bits per heavy atom. The standard InChI is InChI=1S/C18H18Br2N6O2S/c1-24-2-4-25(5-3-24)16(27)9-26-8-11-6-14(12(19)7-13(11)23-26)21-17(28)15-10-29-18(20)22-15/h6-8,10H,2-5,9H2,1H3,(H,21,28). The monoisotopic (exact) mass is 540 g/mol. The van der Waals surface area contributed by atoms with E-state index in [4.69, 9.17) is 0 Å². The van der Waals surface area contributed by atoms with E-state index in [0.29, 0.717) is 19.8 Å². The molecule has 1 fully saturated rings. The van der Waals surface area contributed by atoms with Crippen molar-refractivity contribution in [2.45, 2.75) is 6.54 Å². The first kappa shape index (κ1) is 20.5. The number of hydrogen-bond acceptors (Lipinski definition) is 6. The topological polar surface area (TPSA) is 83.4 Å². The highest BCUT2D eigenvalue weighted by atomic mass is 79.9. The van der Waals surface area contributed by atoms with Crippen molar-refractivity contribution in [2.75, 3.05) is 38.5 Å². The molecule has 2 aromatic heterocycles. The lowest BCUT2D eigenvalue weighted by Gasteiger charge is -2.32. The minimum atomic E-state index is -0.287. The van der Waals surface area contributed by atoms with Gasteiger partial charge < -0.3 is 15.1 Å². The maximum absolute atomic E-state index is 12.6. The average molecular weight is 542 g/mol. The number of amides is 2. The molecular formula is C18H18Br2N6O2S. The summed E-state index contributed by atoms with van der Waals surface area (Å²) in [5, 5.41) is 9.89. The molecule has 1 N–H and O–H groups in total. The molecule has 0 atom stereocenters. The smallest absolute Gasteiger partial charge is 0.275 e. The van der Waals surface area contributed by atoms with E-state index < -0.39 is 0 Å². The predicted molar refractivity (Wildman–Crippen MR) is 119 cm³/mol. The van der Waals surface area contributed by atoms with Crippen molar-refractivity contribution in [1.29, 1.82) is 0 Å². The predicted octanol–water partition coefficient (Wildman–Crippen LogP) is 3.04. The SMILES string of the molecule is CN1CCN(C(=O)Cn2cc3cc(NC(=O)c4csc(Br)n4)c(Br)cc3n2)CC1. The average Bonchev–Trinajstić information content (AvgIpc) is 3.28. The number of nitrogens with one attached hydrogen (secondary N) is 1. The van der Waals surface area contributed by atoms with Crippen LogP contribution in [0.2, 0.25) is 0 Å². The largest absolute Gasteiger partial charge is 0.339 e. The van der Waals surface area contributed by atoms with Crippen molar-refractivity contribution in [3.63, 3.8) is 0 Å². The van der Waals surface area contributed by atoms with Crippen LogP contribution in [0.25, 0.3) is 10.9 Å². The van der Waals surface area contributed by atoms with Crippen LogP contribution in [0, 0.1) is 0 Å². The molecule has 0 spiro atoms. The maximum atomic E-state index is 12.6. The van der Waals surface area contributed by atoms with Crippen molar-refractivity contribution < 1.29 is 9.59 Å². The zero-order chi connectivity index (χ0) is 20.5. The van der Waals surface area contributed by atoms with Crippen LogP contribution in [0.4, 0.5) is 5.69 Å². The molecule has 11 heteroatoms. The quantitative estimate of drug-likeness (QED) is 0.549. The Kier molecular flexibility index (Phi) is 6.00. The van der Waals surface area contributed by atoms with E-state index in [0.717, 1.165) is 37.1 Å². The van der Waals surface area contributed by atoms with Gasteiger partial charge in [-0.2, -0.15) is 5.10 Å². The Morgan fingerprint density at radius 2 is 1.97 bits per heavy atom. The summed E-state index contributed by atoms with van der Waals surface area (Å²) in [6, 6.07) is 3.67. The van der Waals surface area contributed by atoms with Gasteiger partial charge in [-0.25, -0.2) is 4.98 Å². The van der Waals surface area contributed by atoms with E-state index >= 15 is 0 Å². The van der Waals surface area contributed by atoms with E-state index in [1.54, 1.807) is 10.1 Å². The number of carbonyl (C=O) groups excluding carboxylic acids is 2. The van der Waals surface area contributed by atoms with Gasteiger partial charge >= 0.3 is 0 Å². The molecule has 1 saturated heterocycles. The van der Waals surface area contributed by atoms with Gasteiger partial charge in [-0.1, -0.05) is 0 Å². The fourth-order valence-corrected chi connectivity index (χ4v) is 4.53. The Hall–Kier alpha value is -1.82. The van der Waals surface area contributed by atoms with Crippen molar-refractivity contribution in [2.24, 2.45) is 0 Å². The number of hydrogen-bond donors (Lipinski definition) is 1. The zero-order valence-electron chi connectivity index (χ0n) is 15.6. The third-order valence-electron chi connectivity index (χ3n) is 4.75. The summed E-state index contributed by atoms with van der Waals surface area (Å²) in [6.07, 6.45) is 1.82. The highest BCUT2D eigenvalue weighted by Gasteiger charge is 2.20. The number of halogens is 2. The van der Waals surface area contributed by atoms with Crippen LogP contribution in [-0.2, 0) is 11.3 Å². The van der Waals surface area contributed by atoms with Crippen molar-refractivity contribution in [3.05, 3.63) is 37.8 Å². The summed E-state index contributed by atoms with van der Waals surface area (Å²) in [5.74, 6) is -0.225. The van der Waals surface area contributed by atoms with E-state index in [2.05, 4.69) is 59.2 Å². The zero-order valence-corrected chi connectivity index (χ0v) is 19.6. The van der Waals surface area contributed by atoms with Crippen molar-refractivity contribution >= 4 is 71.6 Å². The van der Waals surface area contributed by atoms with Gasteiger partial charge in [0.15, 0.2) is 3.92 Å². The number of rotatable bonds is 4. The first-order valence-corrected chi connectivity index (χ1v) is 11.4. The highest BCUT2D eigenvalue weighted by molar-refractivity contribution is 9.11. The van der Waals surface area contributed by atoms with Crippen molar-refractivity contribution in [1.82, 2.24) is 24.6 Å². The van der Waals surface area contributed by atoms with Crippen LogP contribution in [0.15, 0.2) is 32.1 Å². The summed E-state index contributed by atoms with van der Waals surface area (Å²) in [7, 11) is 2.06. The Balaban J connectivity index is 1.49. The number of thiazole rings is 1. The van der Waals surface area contributed by atoms with E-state index in [-0.39, 0.29) is 18.4 Å². The molecule has 3 aromatic rings. The van der Waals surface area contributed by atoms with E-state index in [1.807, 2.05) is 23.2 Å². The molecule has 4 rings (SSSR count). The third-order valence-corrected chi connectivity index (χ3v) is 6.77. The van der Waals surface area contributed by atoms with Crippen LogP contribution in [0.1, 0.15) is 10.5 Å². The minimum Gasteiger partial charge on any atom is -0.339 e. The maximum Gasteiger partial charge on any atom is 0.275 e. The van der Waals surface area contributed by atoms with Gasteiger partial charge in [0.2, 0.25) is 5.91 Å². The molecule has 0 unspecified atom stereocenters. The fourth-order valence-electron chi connectivity index (χ4n) is 3.11. The first-order valence-electron chi connectivity index (χ1n) is 8.94. The Morgan fingerprint density at radius 3 is 2.66 bits per heavy atom. The van der Waals surface area contributed by atoms with Gasteiger partial charge in [0.1, 0.15) is 12.2 Å². The van der Waals surface area contributed by atoms with Gasteiger partial charge in [0.25, 0.3) is 5.91 Å². The summed E-state index contributed by atoms with van der Waals surface area (Å²) >= 11 is 8.09. The number of anilines is 1. The van der Waals surface area contributed by atoms with Gasteiger partial charge in [0, 0.05) is 47.6 Å². The number of benzene rings is 1. The first-order chi connectivity index (χ1) is 13.9.